The summed E-state index contributed by atoms with van der Waals surface area (Å²) in [6.45, 7) is 0.533. The number of aromatic carboxylic acids is 1. The van der Waals surface area contributed by atoms with Gasteiger partial charge in [-0.25, -0.2) is 4.79 Å². The van der Waals surface area contributed by atoms with E-state index in [-0.39, 0.29) is 49.8 Å². The molecule has 5 rings (SSSR count). The number of piperazine rings is 1. The van der Waals surface area contributed by atoms with Gasteiger partial charge in [-0.15, -0.1) is 0 Å². The van der Waals surface area contributed by atoms with Crippen molar-refractivity contribution in [3.05, 3.63) is 117 Å². The summed E-state index contributed by atoms with van der Waals surface area (Å²) >= 11 is 0. The van der Waals surface area contributed by atoms with Gasteiger partial charge in [0.2, 0.25) is 0 Å². The Morgan fingerprint density at radius 1 is 0.809 bits per heavy atom. The maximum absolute atomic E-state index is 14.1. The number of nitro benzene ring substituents is 1. The van der Waals surface area contributed by atoms with E-state index in [4.69, 9.17) is 14.6 Å². The smallest absolute Gasteiger partial charge is 0.420 e. The van der Waals surface area contributed by atoms with E-state index in [2.05, 4.69) is 0 Å². The number of carboxylic acid groups (broad SMARTS) is 1. The summed E-state index contributed by atoms with van der Waals surface area (Å²) in [5.74, 6) is -1.34. The number of ether oxygens (including phenoxy) is 2. The third-order valence-electron chi connectivity index (χ3n) is 7.40. The van der Waals surface area contributed by atoms with E-state index in [0.717, 1.165) is 18.2 Å². The van der Waals surface area contributed by atoms with Crippen LogP contribution in [-0.2, 0) is 19.0 Å². The average Bonchev–Trinajstić information content (AvgIpc) is 3.03. The first-order valence-corrected chi connectivity index (χ1v) is 14.0. The van der Waals surface area contributed by atoms with E-state index in [1.807, 2.05) is 0 Å². The molecule has 4 aromatic rings. The van der Waals surface area contributed by atoms with Crippen molar-refractivity contribution in [1.82, 2.24) is 0 Å². The molecule has 47 heavy (non-hydrogen) atoms. The number of carboxylic acids is 1. The largest absolute Gasteiger partial charge is 0.489 e. The molecular formula is C32H25F6N3O6. The van der Waals surface area contributed by atoms with Gasteiger partial charge in [-0.3, -0.25) is 10.1 Å². The lowest BCUT2D eigenvalue weighted by atomic mass is 10.1. The number of rotatable bonds is 9. The van der Waals surface area contributed by atoms with E-state index in [9.17, 15) is 41.3 Å². The second kappa shape index (κ2) is 13.1. The summed E-state index contributed by atoms with van der Waals surface area (Å²) in [4.78, 5) is 25.1. The highest BCUT2D eigenvalue weighted by atomic mass is 19.4. The number of anilines is 2. The summed E-state index contributed by atoms with van der Waals surface area (Å²) in [6.07, 6.45) is -9.54. The van der Waals surface area contributed by atoms with Gasteiger partial charge in [-0.2, -0.15) is 26.3 Å². The van der Waals surface area contributed by atoms with Crippen LogP contribution in [0.3, 0.4) is 0 Å². The van der Waals surface area contributed by atoms with Crippen molar-refractivity contribution in [3.8, 4) is 17.2 Å². The third kappa shape index (κ3) is 7.85. The second-order valence-corrected chi connectivity index (χ2v) is 10.5. The summed E-state index contributed by atoms with van der Waals surface area (Å²) in [5.41, 5.74) is -2.09. The Labute approximate surface area is 263 Å². The highest BCUT2D eigenvalue weighted by molar-refractivity contribution is 5.87. The van der Waals surface area contributed by atoms with E-state index in [0.29, 0.717) is 23.1 Å². The maximum atomic E-state index is 14.1. The van der Waals surface area contributed by atoms with Gasteiger partial charge in [-0.1, -0.05) is 18.2 Å². The zero-order valence-corrected chi connectivity index (χ0v) is 24.2. The molecule has 1 fully saturated rings. The van der Waals surface area contributed by atoms with Crippen LogP contribution >= 0.6 is 0 Å². The molecule has 0 atom stereocenters. The molecule has 0 saturated carbocycles. The number of hydrogen-bond acceptors (Lipinski definition) is 7. The molecule has 9 nitrogen and oxygen atoms in total. The van der Waals surface area contributed by atoms with Gasteiger partial charge in [0.25, 0.3) is 5.69 Å². The fourth-order valence-electron chi connectivity index (χ4n) is 4.99. The Morgan fingerprint density at radius 2 is 1.43 bits per heavy atom. The first-order chi connectivity index (χ1) is 22.2. The molecule has 0 unspecified atom stereocenters. The van der Waals surface area contributed by atoms with Crippen LogP contribution in [0.1, 0.15) is 27.0 Å². The van der Waals surface area contributed by atoms with E-state index in [1.54, 1.807) is 17.0 Å². The van der Waals surface area contributed by atoms with Gasteiger partial charge in [0.15, 0.2) is 0 Å². The van der Waals surface area contributed by atoms with Crippen molar-refractivity contribution in [2.45, 2.75) is 19.0 Å². The quantitative estimate of drug-likeness (QED) is 0.109. The minimum atomic E-state index is -5.00. The Hall–Kier alpha value is -5.47. The van der Waals surface area contributed by atoms with Gasteiger partial charge in [0.05, 0.1) is 16.1 Å². The van der Waals surface area contributed by atoms with Crippen LogP contribution in [0, 0.1) is 10.1 Å². The van der Waals surface area contributed by atoms with Crippen LogP contribution in [0.4, 0.5) is 43.4 Å². The molecule has 1 saturated heterocycles. The van der Waals surface area contributed by atoms with Crippen LogP contribution in [0.25, 0.3) is 0 Å². The van der Waals surface area contributed by atoms with Crippen LogP contribution < -0.4 is 19.3 Å². The molecule has 0 aliphatic carbocycles. The summed E-state index contributed by atoms with van der Waals surface area (Å²) in [6, 6.07) is 17.7. The lowest BCUT2D eigenvalue weighted by Crippen LogP contribution is -2.46. The van der Waals surface area contributed by atoms with Gasteiger partial charge in [-0.05, 0) is 60.2 Å². The average molecular weight is 662 g/mol. The second-order valence-electron chi connectivity index (χ2n) is 10.5. The van der Waals surface area contributed by atoms with Gasteiger partial charge in [0, 0.05) is 44.0 Å². The first-order valence-electron chi connectivity index (χ1n) is 14.0. The summed E-state index contributed by atoms with van der Waals surface area (Å²) in [5, 5.41) is 20.9. The molecule has 1 aliphatic heterocycles. The lowest BCUT2D eigenvalue weighted by Gasteiger charge is -2.37. The van der Waals surface area contributed by atoms with Crippen LogP contribution in [0.15, 0.2) is 84.9 Å². The molecule has 4 aromatic carbocycles. The van der Waals surface area contributed by atoms with Crippen LogP contribution in [0.5, 0.6) is 17.2 Å². The fourth-order valence-corrected chi connectivity index (χ4v) is 4.99. The molecule has 1 heterocycles. The molecule has 0 radical (unpaired) electrons. The van der Waals surface area contributed by atoms with Crippen molar-refractivity contribution < 1.29 is 50.6 Å². The zero-order valence-electron chi connectivity index (χ0n) is 24.2. The number of carbonyl (C=O) groups is 1. The van der Waals surface area contributed by atoms with Gasteiger partial charge < -0.3 is 24.4 Å². The first kappa shape index (κ1) is 32.9. The number of nitro groups is 1. The Morgan fingerprint density at radius 3 is 2.00 bits per heavy atom. The van der Waals surface area contributed by atoms with E-state index < -0.39 is 45.8 Å². The van der Waals surface area contributed by atoms with Crippen molar-refractivity contribution in [3.63, 3.8) is 0 Å². The monoisotopic (exact) mass is 661 g/mol. The van der Waals surface area contributed by atoms with E-state index >= 15 is 0 Å². The summed E-state index contributed by atoms with van der Waals surface area (Å²) in [7, 11) is 0. The molecule has 0 aromatic heterocycles. The van der Waals surface area contributed by atoms with Crippen LogP contribution in [-0.4, -0.2) is 42.2 Å². The molecule has 1 N–H and O–H groups in total. The summed E-state index contributed by atoms with van der Waals surface area (Å²) < 4.78 is 93.0. The van der Waals surface area contributed by atoms with Crippen molar-refractivity contribution in [1.29, 1.82) is 0 Å². The number of nitrogens with zero attached hydrogens (tertiary/aromatic N) is 3. The van der Waals surface area contributed by atoms with Crippen molar-refractivity contribution in [2.24, 2.45) is 0 Å². The predicted octanol–water partition coefficient (Wildman–Crippen LogP) is 8.03. The zero-order chi connectivity index (χ0) is 33.9. The topological polar surface area (TPSA) is 105 Å². The molecular weight excluding hydrogens is 636 g/mol. The normalized spacial score (nSPS) is 13.7. The lowest BCUT2D eigenvalue weighted by molar-refractivity contribution is -0.384. The minimum Gasteiger partial charge on any atom is -0.489 e. The standard InChI is InChI=1S/C32H25F6N3O6/c33-31(34,35)22-2-1-3-23(16-22)39-12-14-40(15-13-39)27-18-29(26(32(36,37)38)17-28(27)41(44)45)47-25-8-4-20(5-9-25)19-46-24-10-6-21(7-11-24)30(42)43/h1-11,16-18H,12-15,19H2,(H,42,43). The molecule has 15 heteroatoms. The highest BCUT2D eigenvalue weighted by Crippen LogP contribution is 2.45. The molecule has 1 aliphatic rings. The molecule has 0 amide bonds. The maximum Gasteiger partial charge on any atom is 0.420 e. The van der Waals surface area contributed by atoms with E-state index in [1.165, 1.54) is 53.4 Å². The minimum absolute atomic E-state index is 0.0132. The number of benzene rings is 4. The third-order valence-corrected chi connectivity index (χ3v) is 7.40. The number of alkyl halides is 6. The predicted molar refractivity (Wildman–Crippen MR) is 158 cm³/mol. The highest BCUT2D eigenvalue weighted by Gasteiger charge is 2.39. The van der Waals surface area contributed by atoms with Gasteiger partial charge >= 0.3 is 18.3 Å². The fraction of sp³-hybridized carbons (Fsp3) is 0.219. The van der Waals surface area contributed by atoms with Crippen molar-refractivity contribution >= 4 is 23.0 Å². The molecule has 0 spiro atoms. The Kier molecular flexibility index (Phi) is 9.17. The Bertz CT molecular complexity index is 1750. The Balaban J connectivity index is 1.34. The molecule has 0 bridgehead atoms. The number of halogens is 6. The number of hydrogen-bond donors (Lipinski definition) is 1. The van der Waals surface area contributed by atoms with Crippen LogP contribution in [0.2, 0.25) is 0 Å². The van der Waals surface area contributed by atoms with Crippen molar-refractivity contribution in [2.75, 3.05) is 36.0 Å². The molecule has 246 valence electrons. The SMILES string of the molecule is O=C(O)c1ccc(OCc2ccc(Oc3cc(N4CCN(c5cccc(C(F)(F)F)c5)CC4)c([N+](=O)[O-])cc3C(F)(F)F)cc2)cc1. The van der Waals surface area contributed by atoms with Gasteiger partial charge in [0.1, 0.15) is 35.1 Å².